The fourth-order valence-electron chi connectivity index (χ4n) is 1.73. The molecule has 1 rings (SSSR count). The summed E-state index contributed by atoms with van der Waals surface area (Å²) in [7, 11) is 0. The third-order valence-corrected chi connectivity index (χ3v) is 3.15. The van der Waals surface area contributed by atoms with Crippen molar-refractivity contribution in [3.05, 3.63) is 28.8 Å². The third kappa shape index (κ3) is 4.97. The maximum atomic E-state index is 6.09. The highest BCUT2D eigenvalue weighted by Gasteiger charge is 2.02. The molecule has 0 N–H and O–H groups in total. The van der Waals surface area contributed by atoms with Crippen molar-refractivity contribution in [1.29, 1.82) is 0 Å². The van der Waals surface area contributed by atoms with Crippen molar-refractivity contribution in [2.75, 3.05) is 26.2 Å². The van der Waals surface area contributed by atoms with Crippen molar-refractivity contribution in [2.24, 2.45) is 0 Å². The molecule has 0 atom stereocenters. The van der Waals surface area contributed by atoms with Crippen molar-refractivity contribution in [3.8, 4) is 5.75 Å². The Morgan fingerprint density at radius 2 is 1.94 bits per heavy atom. The van der Waals surface area contributed by atoms with E-state index in [1.807, 2.05) is 25.1 Å². The van der Waals surface area contributed by atoms with Gasteiger partial charge in [0.15, 0.2) is 0 Å². The highest BCUT2D eigenvalue weighted by molar-refractivity contribution is 6.32. The Kier molecular flexibility index (Phi) is 6.38. The number of aryl methyl sites for hydroxylation is 1. The first-order chi connectivity index (χ1) is 8.17. The number of rotatable bonds is 7. The highest BCUT2D eigenvalue weighted by atomic mass is 35.5. The van der Waals surface area contributed by atoms with E-state index in [0.29, 0.717) is 5.02 Å². The third-order valence-electron chi connectivity index (χ3n) is 2.86. The summed E-state index contributed by atoms with van der Waals surface area (Å²) in [6.07, 6.45) is 1.03. The Labute approximate surface area is 110 Å². The quantitative estimate of drug-likeness (QED) is 0.688. The van der Waals surface area contributed by atoms with Crippen molar-refractivity contribution >= 4 is 11.6 Å². The molecule has 0 spiro atoms. The number of hydrogen-bond donors (Lipinski definition) is 0. The normalized spacial score (nSPS) is 10.9. The van der Waals surface area contributed by atoms with Crippen molar-refractivity contribution in [2.45, 2.75) is 27.2 Å². The van der Waals surface area contributed by atoms with Gasteiger partial charge in [0.2, 0.25) is 0 Å². The van der Waals surface area contributed by atoms with E-state index >= 15 is 0 Å². The molecular weight excluding hydrogens is 234 g/mol. The second-order valence-electron chi connectivity index (χ2n) is 4.16. The zero-order valence-electron chi connectivity index (χ0n) is 11.0. The van der Waals surface area contributed by atoms with Crippen LogP contribution < -0.4 is 4.74 Å². The SMILES string of the molecule is CCN(CC)CCCOc1ccc(C)cc1Cl. The van der Waals surface area contributed by atoms with E-state index in [1.54, 1.807) is 0 Å². The molecule has 0 bridgehead atoms. The molecule has 0 saturated carbocycles. The molecule has 0 unspecified atom stereocenters. The van der Waals surface area contributed by atoms with Crippen molar-refractivity contribution in [3.63, 3.8) is 0 Å². The largest absolute Gasteiger partial charge is 0.492 e. The minimum atomic E-state index is 0.702. The molecule has 0 heterocycles. The van der Waals surface area contributed by atoms with E-state index in [4.69, 9.17) is 16.3 Å². The Bertz CT molecular complexity index is 337. The average molecular weight is 256 g/mol. The topological polar surface area (TPSA) is 12.5 Å². The van der Waals surface area contributed by atoms with Gasteiger partial charge in [0.05, 0.1) is 11.6 Å². The maximum absolute atomic E-state index is 6.09. The highest BCUT2D eigenvalue weighted by Crippen LogP contribution is 2.25. The number of nitrogens with zero attached hydrogens (tertiary/aromatic N) is 1. The van der Waals surface area contributed by atoms with E-state index in [2.05, 4.69) is 18.7 Å². The summed E-state index contributed by atoms with van der Waals surface area (Å²) in [6.45, 7) is 10.4. The van der Waals surface area contributed by atoms with Gasteiger partial charge in [0, 0.05) is 6.54 Å². The zero-order chi connectivity index (χ0) is 12.7. The van der Waals surface area contributed by atoms with Crippen LogP contribution in [0.3, 0.4) is 0 Å². The molecule has 0 saturated heterocycles. The minimum absolute atomic E-state index is 0.702. The molecule has 0 aliphatic rings. The first kappa shape index (κ1) is 14.3. The van der Waals surface area contributed by atoms with E-state index in [9.17, 15) is 0 Å². The molecule has 17 heavy (non-hydrogen) atoms. The van der Waals surface area contributed by atoms with Crippen LogP contribution in [-0.2, 0) is 0 Å². The monoisotopic (exact) mass is 255 g/mol. The Balaban J connectivity index is 2.31. The zero-order valence-corrected chi connectivity index (χ0v) is 11.8. The van der Waals surface area contributed by atoms with Crippen LogP contribution in [0.25, 0.3) is 0 Å². The lowest BCUT2D eigenvalue weighted by Gasteiger charge is -2.17. The second kappa shape index (κ2) is 7.57. The lowest BCUT2D eigenvalue weighted by atomic mass is 10.2. The van der Waals surface area contributed by atoms with Crippen LogP contribution in [0.2, 0.25) is 5.02 Å². The van der Waals surface area contributed by atoms with Crippen LogP contribution in [0.1, 0.15) is 25.8 Å². The van der Waals surface area contributed by atoms with Gasteiger partial charge in [0.25, 0.3) is 0 Å². The summed E-state index contributed by atoms with van der Waals surface area (Å²) in [5.74, 6) is 0.789. The van der Waals surface area contributed by atoms with E-state index in [-0.39, 0.29) is 0 Å². The summed E-state index contributed by atoms with van der Waals surface area (Å²) in [4.78, 5) is 2.39. The molecule has 3 heteroatoms. The molecule has 0 fully saturated rings. The van der Waals surface area contributed by atoms with Crippen molar-refractivity contribution < 1.29 is 4.74 Å². The summed E-state index contributed by atoms with van der Waals surface area (Å²) < 4.78 is 5.67. The Morgan fingerprint density at radius 3 is 2.53 bits per heavy atom. The van der Waals surface area contributed by atoms with Crippen LogP contribution >= 0.6 is 11.6 Å². The average Bonchev–Trinajstić information content (AvgIpc) is 2.32. The molecule has 0 aromatic heterocycles. The molecule has 0 aliphatic carbocycles. The first-order valence-electron chi connectivity index (χ1n) is 6.28. The molecule has 0 radical (unpaired) electrons. The Hall–Kier alpha value is -0.730. The van der Waals surface area contributed by atoms with Crippen LogP contribution in [-0.4, -0.2) is 31.1 Å². The lowest BCUT2D eigenvalue weighted by molar-refractivity contribution is 0.249. The number of hydrogen-bond acceptors (Lipinski definition) is 2. The van der Waals surface area contributed by atoms with Gasteiger partial charge >= 0.3 is 0 Å². The summed E-state index contributed by atoms with van der Waals surface area (Å²) in [6, 6.07) is 5.89. The molecule has 0 amide bonds. The van der Waals surface area contributed by atoms with Gasteiger partial charge in [-0.15, -0.1) is 0 Å². The predicted octanol–water partition coefficient (Wildman–Crippen LogP) is 3.76. The standard InChI is InChI=1S/C14H22ClNO/c1-4-16(5-2)9-6-10-17-14-8-7-12(3)11-13(14)15/h7-8,11H,4-6,9-10H2,1-3H3. The molecule has 1 aromatic rings. The Morgan fingerprint density at radius 1 is 1.24 bits per heavy atom. The fourth-order valence-corrected chi connectivity index (χ4v) is 2.02. The first-order valence-corrected chi connectivity index (χ1v) is 6.66. The summed E-state index contributed by atoms with van der Waals surface area (Å²) in [5, 5.41) is 0.702. The van der Waals surface area contributed by atoms with Gasteiger partial charge in [-0.2, -0.15) is 0 Å². The molecular formula is C14H22ClNO. The van der Waals surface area contributed by atoms with Gasteiger partial charge in [-0.1, -0.05) is 31.5 Å². The van der Waals surface area contributed by atoms with E-state index in [0.717, 1.165) is 44.0 Å². The van der Waals surface area contributed by atoms with Gasteiger partial charge in [-0.05, 0) is 44.1 Å². The maximum Gasteiger partial charge on any atom is 0.137 e. The van der Waals surface area contributed by atoms with Crippen molar-refractivity contribution in [1.82, 2.24) is 4.90 Å². The van der Waals surface area contributed by atoms with Crippen LogP contribution in [0.15, 0.2) is 18.2 Å². The van der Waals surface area contributed by atoms with Gasteiger partial charge in [0.1, 0.15) is 5.75 Å². The van der Waals surface area contributed by atoms with Gasteiger partial charge < -0.3 is 9.64 Å². The minimum Gasteiger partial charge on any atom is -0.492 e. The van der Waals surface area contributed by atoms with E-state index in [1.165, 1.54) is 0 Å². The van der Waals surface area contributed by atoms with Crippen LogP contribution in [0.5, 0.6) is 5.75 Å². The molecule has 96 valence electrons. The molecule has 0 aliphatic heterocycles. The smallest absolute Gasteiger partial charge is 0.137 e. The lowest BCUT2D eigenvalue weighted by Crippen LogP contribution is -2.25. The van der Waals surface area contributed by atoms with Gasteiger partial charge in [-0.25, -0.2) is 0 Å². The number of benzene rings is 1. The van der Waals surface area contributed by atoms with Crippen LogP contribution in [0, 0.1) is 6.92 Å². The second-order valence-corrected chi connectivity index (χ2v) is 4.57. The molecule has 1 aromatic carbocycles. The number of ether oxygens (including phenoxy) is 1. The molecule has 2 nitrogen and oxygen atoms in total. The fraction of sp³-hybridized carbons (Fsp3) is 0.571. The predicted molar refractivity (Wildman–Crippen MR) is 74.1 cm³/mol. The summed E-state index contributed by atoms with van der Waals surface area (Å²) in [5.41, 5.74) is 1.16. The number of halogens is 1. The van der Waals surface area contributed by atoms with Gasteiger partial charge in [-0.3, -0.25) is 0 Å². The summed E-state index contributed by atoms with van der Waals surface area (Å²) >= 11 is 6.09. The van der Waals surface area contributed by atoms with E-state index < -0.39 is 0 Å². The van der Waals surface area contributed by atoms with Crippen LogP contribution in [0.4, 0.5) is 0 Å².